The molecule has 2 unspecified atom stereocenters. The highest BCUT2D eigenvalue weighted by Gasteiger charge is 2.35. The van der Waals surface area contributed by atoms with Gasteiger partial charge in [-0.05, 0) is 29.8 Å². The minimum absolute atomic E-state index is 0.190. The molecule has 1 N–H and O–H groups in total. The lowest BCUT2D eigenvalue weighted by molar-refractivity contribution is -0.115. The Balaban J connectivity index is 1.37. The molecule has 0 bridgehead atoms. The van der Waals surface area contributed by atoms with Crippen LogP contribution >= 0.6 is 23.4 Å². The van der Waals surface area contributed by atoms with Gasteiger partial charge >= 0.3 is 0 Å². The number of alkyl halides is 1. The summed E-state index contributed by atoms with van der Waals surface area (Å²) in [6, 6.07) is 17.6. The SMILES string of the molecule is O=C(Nc1ccc(Cc2ccccc2)nc1)C1SC(c2cccnc2)=NC1Cl. The van der Waals surface area contributed by atoms with Crippen LogP contribution in [0.5, 0.6) is 0 Å². The zero-order valence-electron chi connectivity index (χ0n) is 14.8. The second-order valence-corrected chi connectivity index (χ2v) is 7.85. The number of amides is 1. The van der Waals surface area contributed by atoms with E-state index in [1.165, 1.54) is 17.3 Å². The molecule has 28 heavy (non-hydrogen) atoms. The first-order chi connectivity index (χ1) is 13.7. The van der Waals surface area contributed by atoms with Crippen molar-refractivity contribution in [1.82, 2.24) is 9.97 Å². The minimum atomic E-state index is -0.620. The van der Waals surface area contributed by atoms with Crippen LogP contribution in [0.4, 0.5) is 5.69 Å². The van der Waals surface area contributed by atoms with Crippen molar-refractivity contribution >= 4 is 40.0 Å². The molecule has 4 rings (SSSR count). The van der Waals surface area contributed by atoms with E-state index in [0.717, 1.165) is 22.7 Å². The van der Waals surface area contributed by atoms with E-state index in [1.807, 2.05) is 42.5 Å². The van der Waals surface area contributed by atoms with E-state index >= 15 is 0 Å². The standard InChI is InChI=1S/C21H17ClN4OS/c22-19-18(28-21(26-19)15-7-4-10-23-12-15)20(27)25-17-9-8-16(24-13-17)11-14-5-2-1-3-6-14/h1-10,12-13,18-19H,11H2,(H,25,27). The van der Waals surface area contributed by atoms with Gasteiger partial charge in [0.15, 0.2) is 0 Å². The summed E-state index contributed by atoms with van der Waals surface area (Å²) in [5.74, 6) is -0.190. The molecular weight excluding hydrogens is 392 g/mol. The summed E-state index contributed by atoms with van der Waals surface area (Å²) in [5, 5.41) is 3.11. The minimum Gasteiger partial charge on any atom is -0.324 e. The van der Waals surface area contributed by atoms with E-state index in [9.17, 15) is 4.79 Å². The third-order valence-electron chi connectivity index (χ3n) is 4.22. The van der Waals surface area contributed by atoms with Crippen molar-refractivity contribution in [3.8, 4) is 0 Å². The van der Waals surface area contributed by atoms with Crippen molar-refractivity contribution in [3.63, 3.8) is 0 Å². The van der Waals surface area contributed by atoms with Gasteiger partial charge in [-0.3, -0.25) is 19.8 Å². The number of carbonyl (C=O) groups is 1. The Labute approximate surface area is 172 Å². The highest BCUT2D eigenvalue weighted by molar-refractivity contribution is 8.15. The maximum atomic E-state index is 12.6. The number of hydrogen-bond donors (Lipinski definition) is 1. The van der Waals surface area contributed by atoms with Crippen molar-refractivity contribution in [2.24, 2.45) is 4.99 Å². The van der Waals surface area contributed by atoms with E-state index in [2.05, 4.69) is 32.4 Å². The summed E-state index contributed by atoms with van der Waals surface area (Å²) in [6.07, 6.45) is 5.83. The first kappa shape index (κ1) is 18.7. The number of benzene rings is 1. The number of carbonyl (C=O) groups excluding carboxylic acids is 1. The van der Waals surface area contributed by atoms with Gasteiger partial charge in [-0.15, -0.1) is 0 Å². The van der Waals surface area contributed by atoms with Gasteiger partial charge in [-0.1, -0.05) is 53.7 Å². The number of rotatable bonds is 5. The van der Waals surface area contributed by atoms with E-state index in [4.69, 9.17) is 11.6 Å². The molecule has 0 saturated carbocycles. The zero-order chi connectivity index (χ0) is 19.3. The summed E-state index contributed by atoms with van der Waals surface area (Å²) in [5.41, 5.74) is 3.02. The van der Waals surface area contributed by atoms with E-state index in [1.54, 1.807) is 18.6 Å². The van der Waals surface area contributed by atoms with Gasteiger partial charge in [0.05, 0.1) is 11.9 Å². The van der Waals surface area contributed by atoms with Crippen LogP contribution in [0.15, 0.2) is 78.2 Å². The van der Waals surface area contributed by atoms with E-state index in [-0.39, 0.29) is 5.91 Å². The van der Waals surface area contributed by atoms with Crippen LogP contribution in [0, 0.1) is 0 Å². The lowest BCUT2D eigenvalue weighted by atomic mass is 10.1. The highest BCUT2D eigenvalue weighted by atomic mass is 35.5. The molecule has 1 aliphatic rings. The molecule has 5 nitrogen and oxygen atoms in total. The summed E-state index contributed by atoms with van der Waals surface area (Å²) in [4.78, 5) is 25.6. The molecule has 7 heteroatoms. The summed E-state index contributed by atoms with van der Waals surface area (Å²) in [6.45, 7) is 0. The average Bonchev–Trinajstić information content (AvgIpc) is 3.13. The van der Waals surface area contributed by atoms with Gasteiger partial charge in [0.1, 0.15) is 15.8 Å². The molecule has 3 heterocycles. The zero-order valence-corrected chi connectivity index (χ0v) is 16.4. The van der Waals surface area contributed by atoms with Gasteiger partial charge in [0, 0.05) is 30.1 Å². The predicted octanol–water partition coefficient (Wildman–Crippen LogP) is 4.13. The molecule has 2 atom stereocenters. The average molecular weight is 409 g/mol. The number of thioether (sulfide) groups is 1. The maximum Gasteiger partial charge on any atom is 0.241 e. The molecule has 0 spiro atoms. The maximum absolute atomic E-state index is 12.6. The Kier molecular flexibility index (Phi) is 5.69. The first-order valence-corrected chi connectivity index (χ1v) is 10.1. The van der Waals surface area contributed by atoms with Gasteiger partial charge in [0.25, 0.3) is 0 Å². The van der Waals surface area contributed by atoms with Crippen LogP contribution in [0.25, 0.3) is 0 Å². The molecule has 0 radical (unpaired) electrons. The first-order valence-electron chi connectivity index (χ1n) is 8.78. The number of pyridine rings is 2. The predicted molar refractivity (Wildman–Crippen MR) is 114 cm³/mol. The fourth-order valence-electron chi connectivity index (χ4n) is 2.82. The fourth-order valence-corrected chi connectivity index (χ4v) is 4.25. The summed E-state index contributed by atoms with van der Waals surface area (Å²) < 4.78 is 0. The van der Waals surface area contributed by atoms with E-state index < -0.39 is 10.8 Å². The smallest absolute Gasteiger partial charge is 0.241 e. The Morgan fingerprint density at radius 3 is 2.64 bits per heavy atom. The van der Waals surface area contributed by atoms with Gasteiger partial charge < -0.3 is 5.32 Å². The second kappa shape index (κ2) is 8.54. The molecule has 0 aliphatic carbocycles. The number of nitrogens with zero attached hydrogens (tertiary/aromatic N) is 3. The molecule has 1 aromatic carbocycles. The third kappa shape index (κ3) is 4.40. The lowest BCUT2D eigenvalue weighted by Crippen LogP contribution is -2.29. The fraction of sp³-hybridized carbons (Fsp3) is 0.143. The van der Waals surface area contributed by atoms with E-state index in [0.29, 0.717) is 5.69 Å². The molecule has 0 fully saturated rings. The van der Waals surface area contributed by atoms with Crippen LogP contribution in [-0.2, 0) is 11.2 Å². The van der Waals surface area contributed by atoms with Crippen molar-refractivity contribution in [1.29, 1.82) is 0 Å². The molecule has 140 valence electrons. The molecule has 2 aromatic heterocycles. The number of hydrogen-bond acceptors (Lipinski definition) is 5. The Bertz CT molecular complexity index is 980. The highest BCUT2D eigenvalue weighted by Crippen LogP contribution is 2.33. The summed E-state index contributed by atoms with van der Waals surface area (Å²) >= 11 is 7.64. The number of aromatic nitrogens is 2. The van der Waals surface area contributed by atoms with Gasteiger partial charge in [0.2, 0.25) is 5.91 Å². The molecule has 3 aromatic rings. The number of nitrogens with one attached hydrogen (secondary N) is 1. The van der Waals surface area contributed by atoms with Crippen LogP contribution in [0.1, 0.15) is 16.8 Å². The van der Waals surface area contributed by atoms with Crippen LogP contribution < -0.4 is 5.32 Å². The van der Waals surface area contributed by atoms with Crippen LogP contribution in [-0.4, -0.2) is 31.7 Å². The monoisotopic (exact) mass is 408 g/mol. The Hall–Kier alpha value is -2.70. The van der Waals surface area contributed by atoms with Gasteiger partial charge in [-0.25, -0.2) is 0 Å². The van der Waals surface area contributed by atoms with Crippen molar-refractivity contribution in [3.05, 3.63) is 90.0 Å². The molecule has 1 aliphatic heterocycles. The normalized spacial score (nSPS) is 18.5. The molecule has 0 saturated heterocycles. The van der Waals surface area contributed by atoms with Crippen molar-refractivity contribution in [2.45, 2.75) is 17.2 Å². The molecule has 1 amide bonds. The molecular formula is C21H17ClN4OS. The second-order valence-electron chi connectivity index (χ2n) is 6.28. The topological polar surface area (TPSA) is 67.2 Å². The van der Waals surface area contributed by atoms with Crippen molar-refractivity contribution in [2.75, 3.05) is 5.32 Å². The lowest BCUT2D eigenvalue weighted by Gasteiger charge is -2.12. The van der Waals surface area contributed by atoms with Crippen LogP contribution in [0.2, 0.25) is 0 Å². The third-order valence-corrected chi connectivity index (χ3v) is 6.01. The largest absolute Gasteiger partial charge is 0.324 e. The Morgan fingerprint density at radius 1 is 1.07 bits per heavy atom. The quantitative estimate of drug-likeness (QED) is 0.509. The number of halogens is 1. The number of aliphatic imine (C=N–C) groups is 1. The van der Waals surface area contributed by atoms with Gasteiger partial charge in [-0.2, -0.15) is 0 Å². The van der Waals surface area contributed by atoms with Crippen LogP contribution in [0.3, 0.4) is 0 Å². The number of anilines is 1. The summed E-state index contributed by atoms with van der Waals surface area (Å²) in [7, 11) is 0. The Morgan fingerprint density at radius 2 is 1.93 bits per heavy atom. The van der Waals surface area contributed by atoms with Crippen molar-refractivity contribution < 1.29 is 4.79 Å².